The van der Waals surface area contributed by atoms with Crippen molar-refractivity contribution in [2.24, 2.45) is 0 Å². The quantitative estimate of drug-likeness (QED) is 0.801. The molecule has 0 unspecified atom stereocenters. The number of hydrogen-bond donors (Lipinski definition) is 1. The Hall–Kier alpha value is -2.02. The van der Waals surface area contributed by atoms with Crippen molar-refractivity contribution in [3.8, 4) is 0 Å². The summed E-state index contributed by atoms with van der Waals surface area (Å²) in [4.78, 5) is 24.2. The summed E-state index contributed by atoms with van der Waals surface area (Å²) in [5.74, 6) is -0.993. The SMILES string of the molecule is C=CCNC(=O)CCN(C(C)=O)c1ccc(Cl)cc1C(F)(F)F. The molecule has 0 aliphatic rings. The summed E-state index contributed by atoms with van der Waals surface area (Å²) in [6.07, 6.45) is -3.33. The fourth-order valence-electron chi connectivity index (χ4n) is 1.91. The van der Waals surface area contributed by atoms with Gasteiger partial charge in [0.15, 0.2) is 0 Å². The molecular weight excluding hydrogens is 333 g/mol. The zero-order valence-corrected chi connectivity index (χ0v) is 13.2. The van der Waals surface area contributed by atoms with E-state index in [1.807, 2.05) is 0 Å². The van der Waals surface area contributed by atoms with Gasteiger partial charge in [-0.1, -0.05) is 17.7 Å². The molecule has 0 spiro atoms. The van der Waals surface area contributed by atoms with Crippen LogP contribution in [0.4, 0.5) is 18.9 Å². The van der Waals surface area contributed by atoms with Crippen LogP contribution in [-0.4, -0.2) is 24.9 Å². The Labute approximate surface area is 136 Å². The fraction of sp³-hybridized carbons (Fsp3) is 0.333. The third kappa shape index (κ3) is 5.59. The third-order valence-corrected chi connectivity index (χ3v) is 3.18. The highest BCUT2D eigenvalue weighted by atomic mass is 35.5. The van der Waals surface area contributed by atoms with E-state index >= 15 is 0 Å². The van der Waals surface area contributed by atoms with Crippen LogP contribution in [-0.2, 0) is 15.8 Å². The third-order valence-electron chi connectivity index (χ3n) is 2.94. The molecule has 0 saturated heterocycles. The summed E-state index contributed by atoms with van der Waals surface area (Å²) in [6, 6.07) is 3.14. The van der Waals surface area contributed by atoms with Crippen molar-refractivity contribution in [2.45, 2.75) is 19.5 Å². The van der Waals surface area contributed by atoms with Gasteiger partial charge in [-0.2, -0.15) is 13.2 Å². The summed E-state index contributed by atoms with van der Waals surface area (Å²) in [5, 5.41) is 2.40. The monoisotopic (exact) mass is 348 g/mol. The van der Waals surface area contributed by atoms with Gasteiger partial charge in [0.25, 0.3) is 0 Å². The molecule has 0 fully saturated rings. The molecule has 1 aromatic rings. The minimum Gasteiger partial charge on any atom is -0.353 e. The summed E-state index contributed by atoms with van der Waals surface area (Å²) < 4.78 is 39.4. The van der Waals surface area contributed by atoms with Crippen molar-refractivity contribution in [1.82, 2.24) is 5.32 Å². The smallest absolute Gasteiger partial charge is 0.353 e. The maximum atomic E-state index is 13.1. The first-order chi connectivity index (χ1) is 10.7. The van der Waals surface area contributed by atoms with Crippen LogP contribution in [0.2, 0.25) is 5.02 Å². The number of hydrogen-bond acceptors (Lipinski definition) is 2. The molecule has 0 aromatic heterocycles. The number of anilines is 1. The van der Waals surface area contributed by atoms with Gasteiger partial charge in [0.05, 0.1) is 11.3 Å². The number of halogens is 4. The summed E-state index contributed by atoms with van der Waals surface area (Å²) in [5.41, 5.74) is -1.35. The Morgan fingerprint density at radius 2 is 2.04 bits per heavy atom. The van der Waals surface area contributed by atoms with E-state index in [0.717, 1.165) is 24.0 Å². The van der Waals surface area contributed by atoms with Crippen LogP contribution < -0.4 is 10.2 Å². The van der Waals surface area contributed by atoms with Gasteiger partial charge in [-0.05, 0) is 18.2 Å². The van der Waals surface area contributed by atoms with Crippen LogP contribution in [0.5, 0.6) is 0 Å². The van der Waals surface area contributed by atoms with Crippen LogP contribution in [0.25, 0.3) is 0 Å². The second-order valence-electron chi connectivity index (χ2n) is 4.67. The van der Waals surface area contributed by atoms with Gasteiger partial charge in [-0.15, -0.1) is 6.58 Å². The maximum Gasteiger partial charge on any atom is 0.418 e. The molecule has 23 heavy (non-hydrogen) atoms. The highest BCUT2D eigenvalue weighted by molar-refractivity contribution is 6.30. The molecular formula is C15H16ClF3N2O2. The molecule has 1 rings (SSSR count). The number of rotatable bonds is 6. The lowest BCUT2D eigenvalue weighted by Gasteiger charge is -2.25. The zero-order valence-electron chi connectivity index (χ0n) is 12.4. The van der Waals surface area contributed by atoms with Crippen LogP contribution >= 0.6 is 11.6 Å². The molecule has 0 bridgehead atoms. The van der Waals surface area contributed by atoms with Crippen LogP contribution in [0.15, 0.2) is 30.9 Å². The second-order valence-corrected chi connectivity index (χ2v) is 5.11. The van der Waals surface area contributed by atoms with E-state index in [9.17, 15) is 22.8 Å². The van der Waals surface area contributed by atoms with Crippen molar-refractivity contribution < 1.29 is 22.8 Å². The van der Waals surface area contributed by atoms with Gasteiger partial charge in [-0.3, -0.25) is 9.59 Å². The Morgan fingerprint density at radius 3 is 2.57 bits per heavy atom. The fourth-order valence-corrected chi connectivity index (χ4v) is 2.08. The van der Waals surface area contributed by atoms with E-state index in [1.165, 1.54) is 12.1 Å². The second kappa shape index (κ2) is 8.01. The molecule has 0 saturated carbocycles. The van der Waals surface area contributed by atoms with Gasteiger partial charge < -0.3 is 10.2 Å². The minimum atomic E-state index is -4.67. The minimum absolute atomic E-state index is 0.0895. The summed E-state index contributed by atoms with van der Waals surface area (Å²) in [7, 11) is 0. The van der Waals surface area contributed by atoms with E-state index in [2.05, 4.69) is 11.9 Å². The van der Waals surface area contributed by atoms with Gasteiger partial charge >= 0.3 is 6.18 Å². The number of amides is 2. The van der Waals surface area contributed by atoms with Crippen LogP contribution in [0, 0.1) is 0 Å². The molecule has 0 aliphatic heterocycles. The average molecular weight is 349 g/mol. The zero-order chi connectivity index (χ0) is 17.6. The first-order valence-electron chi connectivity index (χ1n) is 6.69. The van der Waals surface area contributed by atoms with Gasteiger partial charge in [0.1, 0.15) is 0 Å². The van der Waals surface area contributed by atoms with Crippen molar-refractivity contribution in [2.75, 3.05) is 18.0 Å². The molecule has 0 radical (unpaired) electrons. The molecule has 0 heterocycles. The van der Waals surface area contributed by atoms with Crippen molar-refractivity contribution in [1.29, 1.82) is 0 Å². The number of alkyl halides is 3. The Bertz CT molecular complexity index is 603. The molecule has 126 valence electrons. The van der Waals surface area contributed by atoms with Gasteiger partial charge in [0.2, 0.25) is 11.8 Å². The molecule has 4 nitrogen and oxygen atoms in total. The Balaban J connectivity index is 3.05. The molecule has 2 amide bonds. The van der Waals surface area contributed by atoms with E-state index < -0.39 is 23.6 Å². The largest absolute Gasteiger partial charge is 0.418 e. The number of carbonyl (C=O) groups is 2. The summed E-state index contributed by atoms with van der Waals surface area (Å²) >= 11 is 5.61. The average Bonchev–Trinajstić information content (AvgIpc) is 2.45. The first-order valence-corrected chi connectivity index (χ1v) is 7.07. The summed E-state index contributed by atoms with van der Waals surface area (Å²) in [6.45, 7) is 4.64. The normalized spacial score (nSPS) is 11.0. The lowest BCUT2D eigenvalue weighted by molar-refractivity contribution is -0.137. The van der Waals surface area contributed by atoms with Crippen molar-refractivity contribution in [3.63, 3.8) is 0 Å². The van der Waals surface area contributed by atoms with Crippen LogP contribution in [0.3, 0.4) is 0 Å². The molecule has 1 aromatic carbocycles. The topological polar surface area (TPSA) is 49.4 Å². The number of benzene rings is 1. The number of carbonyl (C=O) groups excluding carboxylic acids is 2. The van der Waals surface area contributed by atoms with E-state index in [4.69, 9.17) is 11.6 Å². The highest BCUT2D eigenvalue weighted by Crippen LogP contribution is 2.38. The molecule has 1 N–H and O–H groups in total. The first kappa shape index (κ1) is 19.0. The Kier molecular flexibility index (Phi) is 6.62. The van der Waals surface area contributed by atoms with Crippen molar-refractivity contribution in [3.05, 3.63) is 41.4 Å². The molecule has 0 atom stereocenters. The van der Waals surface area contributed by atoms with Crippen LogP contribution in [0.1, 0.15) is 18.9 Å². The van der Waals surface area contributed by atoms with E-state index in [1.54, 1.807) is 0 Å². The van der Waals surface area contributed by atoms with E-state index in [-0.39, 0.29) is 30.2 Å². The number of nitrogens with zero attached hydrogens (tertiary/aromatic N) is 1. The maximum absolute atomic E-state index is 13.1. The van der Waals surface area contributed by atoms with Gasteiger partial charge in [-0.25, -0.2) is 0 Å². The predicted octanol–water partition coefficient (Wildman–Crippen LogP) is 3.40. The van der Waals surface area contributed by atoms with Gasteiger partial charge in [0, 0.05) is 31.5 Å². The molecule has 0 aliphatic carbocycles. The van der Waals surface area contributed by atoms with E-state index in [0.29, 0.717) is 0 Å². The lowest BCUT2D eigenvalue weighted by Crippen LogP contribution is -2.35. The number of nitrogens with one attached hydrogen (secondary N) is 1. The standard InChI is InChI=1S/C15H16ClF3N2O2/c1-3-7-20-14(23)6-8-21(10(2)22)13-5-4-11(16)9-12(13)15(17,18)19/h3-5,9H,1,6-8H2,2H3,(H,20,23). The lowest BCUT2D eigenvalue weighted by atomic mass is 10.1. The molecule has 8 heteroatoms. The highest BCUT2D eigenvalue weighted by Gasteiger charge is 2.36. The van der Waals surface area contributed by atoms with Crippen molar-refractivity contribution >= 4 is 29.1 Å². The Morgan fingerprint density at radius 1 is 1.39 bits per heavy atom. The predicted molar refractivity (Wildman–Crippen MR) is 82.3 cm³/mol.